The highest BCUT2D eigenvalue weighted by Crippen LogP contribution is 2.25. The maximum atomic E-state index is 12.7. The molecule has 1 heterocycles. The van der Waals surface area contributed by atoms with E-state index in [9.17, 15) is 13.2 Å². The van der Waals surface area contributed by atoms with E-state index in [1.807, 2.05) is 26.0 Å². The van der Waals surface area contributed by atoms with Crippen LogP contribution in [0.1, 0.15) is 22.3 Å². The molecule has 0 fully saturated rings. The van der Waals surface area contributed by atoms with Crippen LogP contribution in [-0.2, 0) is 16.6 Å². The molecule has 3 rings (SSSR count). The van der Waals surface area contributed by atoms with Crippen LogP contribution in [0.25, 0.3) is 10.9 Å². The van der Waals surface area contributed by atoms with E-state index in [0.29, 0.717) is 5.56 Å². The van der Waals surface area contributed by atoms with E-state index in [2.05, 4.69) is 9.71 Å². The van der Waals surface area contributed by atoms with E-state index in [1.54, 1.807) is 31.2 Å². The molecule has 0 amide bonds. The summed E-state index contributed by atoms with van der Waals surface area (Å²) in [6.07, 6.45) is 0. The van der Waals surface area contributed by atoms with Crippen molar-refractivity contribution in [1.82, 2.24) is 9.71 Å². The molecule has 0 aliphatic rings. The van der Waals surface area contributed by atoms with Crippen LogP contribution in [-0.4, -0.2) is 20.5 Å². The molecule has 0 bridgehead atoms. The van der Waals surface area contributed by atoms with Gasteiger partial charge in [0.1, 0.15) is 10.6 Å². The Balaban J connectivity index is 1.96. The molecule has 27 heavy (non-hydrogen) atoms. The van der Waals surface area contributed by atoms with Crippen LogP contribution in [0.5, 0.6) is 5.75 Å². The molecule has 0 unspecified atom stereocenters. The lowest BCUT2D eigenvalue weighted by atomic mass is 10.0. The van der Waals surface area contributed by atoms with E-state index >= 15 is 0 Å². The normalized spacial score (nSPS) is 11.7. The van der Waals surface area contributed by atoms with E-state index in [4.69, 9.17) is 4.74 Å². The van der Waals surface area contributed by atoms with Gasteiger partial charge >= 0.3 is 0 Å². The smallest absolute Gasteiger partial charge is 0.252 e. The number of aryl methyl sites for hydroxylation is 3. The van der Waals surface area contributed by atoms with Crippen molar-refractivity contribution in [3.63, 3.8) is 0 Å². The van der Waals surface area contributed by atoms with Crippen LogP contribution in [0.15, 0.2) is 46.1 Å². The lowest BCUT2D eigenvalue weighted by molar-refractivity contribution is 0.402. The first-order chi connectivity index (χ1) is 12.7. The fourth-order valence-electron chi connectivity index (χ4n) is 3.09. The zero-order valence-corrected chi connectivity index (χ0v) is 16.5. The van der Waals surface area contributed by atoms with Gasteiger partial charge in [-0.2, -0.15) is 0 Å². The quantitative estimate of drug-likeness (QED) is 0.706. The molecule has 3 aromatic rings. The van der Waals surface area contributed by atoms with Crippen molar-refractivity contribution >= 4 is 20.9 Å². The molecule has 0 saturated carbocycles. The molecular formula is C20H22N2O4S. The summed E-state index contributed by atoms with van der Waals surface area (Å²) < 4.78 is 33.1. The predicted molar refractivity (Wildman–Crippen MR) is 106 cm³/mol. The Morgan fingerprint density at radius 1 is 1.04 bits per heavy atom. The first kappa shape index (κ1) is 19.1. The Kier molecular flexibility index (Phi) is 5.08. The van der Waals surface area contributed by atoms with Crippen LogP contribution in [0, 0.1) is 20.8 Å². The molecule has 142 valence electrons. The van der Waals surface area contributed by atoms with Crippen LogP contribution in [0.4, 0.5) is 0 Å². The summed E-state index contributed by atoms with van der Waals surface area (Å²) >= 11 is 0. The fraction of sp³-hybridized carbons (Fsp3) is 0.250. The third kappa shape index (κ3) is 3.89. The van der Waals surface area contributed by atoms with Crippen molar-refractivity contribution in [2.75, 3.05) is 7.11 Å². The second-order valence-electron chi connectivity index (χ2n) is 6.65. The van der Waals surface area contributed by atoms with Gasteiger partial charge in [0.2, 0.25) is 10.0 Å². The standard InChI is InChI=1S/C20H22N2O4S/c1-12-5-6-18(26-4)19(9-12)27(24,25)21-11-15-10-16-14(3)7-13(2)8-17(16)22-20(15)23/h5-10,21H,11H2,1-4H3,(H,22,23). The van der Waals surface area contributed by atoms with Gasteiger partial charge in [-0.3, -0.25) is 4.79 Å². The Bertz CT molecular complexity index is 1180. The van der Waals surface area contributed by atoms with E-state index < -0.39 is 10.0 Å². The number of sulfonamides is 1. The van der Waals surface area contributed by atoms with E-state index in [0.717, 1.165) is 27.6 Å². The number of methoxy groups -OCH3 is 1. The number of hydrogen-bond donors (Lipinski definition) is 2. The summed E-state index contributed by atoms with van der Waals surface area (Å²) in [6, 6.07) is 10.6. The highest BCUT2D eigenvalue weighted by molar-refractivity contribution is 7.89. The third-order valence-electron chi connectivity index (χ3n) is 4.45. The van der Waals surface area contributed by atoms with Gasteiger partial charge in [-0.05, 0) is 61.7 Å². The largest absolute Gasteiger partial charge is 0.495 e. The highest BCUT2D eigenvalue weighted by atomic mass is 32.2. The monoisotopic (exact) mass is 386 g/mol. The van der Waals surface area contributed by atoms with Crippen LogP contribution >= 0.6 is 0 Å². The summed E-state index contributed by atoms with van der Waals surface area (Å²) in [5, 5.41) is 0.891. The number of aromatic nitrogens is 1. The summed E-state index contributed by atoms with van der Waals surface area (Å²) in [5.41, 5.74) is 3.65. The number of aromatic amines is 1. The molecule has 0 radical (unpaired) electrons. The molecule has 2 aromatic carbocycles. The summed E-state index contributed by atoms with van der Waals surface area (Å²) in [6.45, 7) is 5.61. The van der Waals surface area contributed by atoms with Crippen molar-refractivity contribution in [3.05, 3.63) is 69.0 Å². The number of H-pyrrole nitrogens is 1. The number of pyridine rings is 1. The van der Waals surface area contributed by atoms with Crippen molar-refractivity contribution in [1.29, 1.82) is 0 Å². The Morgan fingerprint density at radius 2 is 1.78 bits per heavy atom. The van der Waals surface area contributed by atoms with Gasteiger partial charge < -0.3 is 9.72 Å². The summed E-state index contributed by atoms with van der Waals surface area (Å²) in [5.74, 6) is 0.256. The molecule has 6 nitrogen and oxygen atoms in total. The average molecular weight is 386 g/mol. The molecule has 0 saturated heterocycles. The van der Waals surface area contributed by atoms with Crippen LogP contribution < -0.4 is 15.0 Å². The summed E-state index contributed by atoms with van der Waals surface area (Å²) in [7, 11) is -2.42. The van der Waals surface area contributed by atoms with Gasteiger partial charge in [0.15, 0.2) is 0 Å². The number of rotatable bonds is 5. The van der Waals surface area contributed by atoms with Gasteiger partial charge in [0.25, 0.3) is 5.56 Å². The first-order valence-electron chi connectivity index (χ1n) is 8.49. The van der Waals surface area contributed by atoms with Crippen LogP contribution in [0.2, 0.25) is 0 Å². The zero-order valence-electron chi connectivity index (χ0n) is 15.7. The molecule has 0 spiro atoms. The Labute approximate surface area is 158 Å². The minimum atomic E-state index is -3.84. The molecule has 0 aliphatic heterocycles. The second kappa shape index (κ2) is 7.17. The second-order valence-corrected chi connectivity index (χ2v) is 8.38. The van der Waals surface area contributed by atoms with Gasteiger partial charge in [0, 0.05) is 23.0 Å². The molecular weight excluding hydrogens is 364 g/mol. The van der Waals surface area contributed by atoms with Gasteiger partial charge in [-0.25, -0.2) is 13.1 Å². The van der Waals surface area contributed by atoms with Crippen molar-refractivity contribution in [3.8, 4) is 5.75 Å². The zero-order chi connectivity index (χ0) is 19.8. The SMILES string of the molecule is COc1ccc(C)cc1S(=O)(=O)NCc1cc2c(C)cc(C)cc2[nH]c1=O. The maximum absolute atomic E-state index is 12.7. The molecule has 0 aliphatic carbocycles. The number of fused-ring (bicyclic) bond motifs is 1. The maximum Gasteiger partial charge on any atom is 0.252 e. The van der Waals surface area contributed by atoms with Gasteiger partial charge in [0.05, 0.1) is 7.11 Å². The van der Waals surface area contributed by atoms with Crippen LogP contribution in [0.3, 0.4) is 0 Å². The van der Waals surface area contributed by atoms with Gasteiger partial charge in [-0.15, -0.1) is 0 Å². The lowest BCUT2D eigenvalue weighted by Crippen LogP contribution is -2.27. The van der Waals surface area contributed by atoms with E-state index in [1.165, 1.54) is 7.11 Å². The Hall–Kier alpha value is -2.64. The van der Waals surface area contributed by atoms with Gasteiger partial charge in [-0.1, -0.05) is 12.1 Å². The molecule has 2 N–H and O–H groups in total. The average Bonchev–Trinajstić information content (AvgIpc) is 2.60. The number of benzene rings is 2. The predicted octanol–water partition coefficient (Wildman–Crippen LogP) is 2.94. The fourth-order valence-corrected chi connectivity index (χ4v) is 4.35. The van der Waals surface area contributed by atoms with Crippen molar-refractivity contribution in [2.24, 2.45) is 0 Å². The van der Waals surface area contributed by atoms with E-state index in [-0.39, 0.29) is 22.7 Å². The first-order valence-corrected chi connectivity index (χ1v) is 9.97. The lowest BCUT2D eigenvalue weighted by Gasteiger charge is -2.12. The number of ether oxygens (including phenoxy) is 1. The summed E-state index contributed by atoms with van der Waals surface area (Å²) in [4.78, 5) is 15.3. The topological polar surface area (TPSA) is 88.3 Å². The molecule has 7 heteroatoms. The third-order valence-corrected chi connectivity index (χ3v) is 5.87. The van der Waals surface area contributed by atoms with Crippen molar-refractivity contribution in [2.45, 2.75) is 32.2 Å². The molecule has 1 aromatic heterocycles. The number of nitrogens with one attached hydrogen (secondary N) is 2. The Morgan fingerprint density at radius 3 is 2.48 bits per heavy atom. The number of hydrogen-bond acceptors (Lipinski definition) is 4. The highest BCUT2D eigenvalue weighted by Gasteiger charge is 2.20. The molecule has 0 atom stereocenters. The minimum absolute atomic E-state index is 0.0500. The van der Waals surface area contributed by atoms with Crippen molar-refractivity contribution < 1.29 is 13.2 Å². The minimum Gasteiger partial charge on any atom is -0.495 e.